The van der Waals surface area contributed by atoms with Gasteiger partial charge in [0.25, 0.3) is 0 Å². The Morgan fingerprint density at radius 2 is 1.92 bits per heavy atom. The highest BCUT2D eigenvalue weighted by Crippen LogP contribution is 2.23. The Bertz CT molecular complexity index is 750. The molecule has 2 fully saturated rings. The minimum absolute atomic E-state index is 0.119. The summed E-state index contributed by atoms with van der Waals surface area (Å²) in [6, 6.07) is 6.17. The minimum atomic E-state index is -3.56. The Balaban J connectivity index is 1.60. The van der Waals surface area contributed by atoms with Gasteiger partial charge in [0.2, 0.25) is 15.9 Å². The quantitative estimate of drug-likeness (QED) is 0.708. The standard InChI is InChI=1S/C17H24ClN3O4S/c1-25-12-11-20-6-5-16(17(20)22)19-7-9-21(10-8-19)26(23,24)15-4-2-3-14(18)13-15/h2-4,13,16H,5-12H2,1H3. The molecule has 0 aromatic heterocycles. The first-order valence-corrected chi connectivity index (χ1v) is 10.5. The summed E-state index contributed by atoms with van der Waals surface area (Å²) in [4.78, 5) is 16.7. The summed E-state index contributed by atoms with van der Waals surface area (Å²) < 4.78 is 32.0. The van der Waals surface area contributed by atoms with Crippen LogP contribution < -0.4 is 0 Å². The van der Waals surface area contributed by atoms with Crippen LogP contribution in [0.3, 0.4) is 0 Å². The van der Waals surface area contributed by atoms with Gasteiger partial charge in [-0.2, -0.15) is 4.31 Å². The van der Waals surface area contributed by atoms with E-state index in [1.54, 1.807) is 25.3 Å². The number of carbonyl (C=O) groups is 1. The number of piperazine rings is 1. The Hall–Kier alpha value is -1.19. The zero-order chi connectivity index (χ0) is 18.7. The zero-order valence-corrected chi connectivity index (χ0v) is 16.4. The summed E-state index contributed by atoms with van der Waals surface area (Å²) in [6.45, 7) is 3.71. The first kappa shape index (κ1) is 19.6. The normalized spacial score (nSPS) is 22.9. The van der Waals surface area contributed by atoms with Gasteiger partial charge in [0.15, 0.2) is 0 Å². The van der Waals surface area contributed by atoms with E-state index in [-0.39, 0.29) is 16.8 Å². The second-order valence-corrected chi connectivity index (χ2v) is 8.89. The third-order valence-corrected chi connectivity index (χ3v) is 7.11. The SMILES string of the molecule is COCCN1CCC(N2CCN(S(=O)(=O)c3cccc(Cl)c3)CC2)C1=O. The molecule has 0 radical (unpaired) electrons. The molecule has 1 amide bonds. The highest BCUT2D eigenvalue weighted by Gasteiger charge is 2.38. The van der Waals surface area contributed by atoms with Gasteiger partial charge in [0.05, 0.1) is 17.5 Å². The molecule has 0 N–H and O–H groups in total. The van der Waals surface area contributed by atoms with Crippen molar-refractivity contribution in [3.8, 4) is 0 Å². The van der Waals surface area contributed by atoms with E-state index in [0.717, 1.165) is 13.0 Å². The molecule has 2 saturated heterocycles. The zero-order valence-electron chi connectivity index (χ0n) is 14.8. The van der Waals surface area contributed by atoms with Crippen molar-refractivity contribution in [3.05, 3.63) is 29.3 Å². The van der Waals surface area contributed by atoms with Gasteiger partial charge in [0.1, 0.15) is 0 Å². The highest BCUT2D eigenvalue weighted by atomic mass is 35.5. The molecule has 7 nitrogen and oxygen atoms in total. The molecule has 9 heteroatoms. The Labute approximate surface area is 159 Å². The fourth-order valence-electron chi connectivity index (χ4n) is 3.52. The molecule has 2 heterocycles. The third-order valence-electron chi connectivity index (χ3n) is 4.98. The lowest BCUT2D eigenvalue weighted by molar-refractivity contribution is -0.133. The highest BCUT2D eigenvalue weighted by molar-refractivity contribution is 7.89. The molecular weight excluding hydrogens is 378 g/mol. The average Bonchev–Trinajstić information content (AvgIpc) is 3.00. The molecule has 1 unspecified atom stereocenters. The molecule has 0 aliphatic carbocycles. The number of sulfonamides is 1. The molecule has 0 spiro atoms. The van der Waals surface area contributed by atoms with Crippen LogP contribution in [-0.4, -0.2) is 87.5 Å². The summed E-state index contributed by atoms with van der Waals surface area (Å²) in [5, 5.41) is 0.400. The van der Waals surface area contributed by atoms with Gasteiger partial charge in [-0.3, -0.25) is 9.69 Å². The third kappa shape index (κ3) is 4.04. The fraction of sp³-hybridized carbons (Fsp3) is 0.588. The second-order valence-electron chi connectivity index (χ2n) is 6.52. The maximum atomic E-state index is 12.8. The largest absolute Gasteiger partial charge is 0.383 e. The summed E-state index contributed by atoms with van der Waals surface area (Å²) in [5.74, 6) is 0.119. The van der Waals surface area contributed by atoms with Crippen LogP contribution in [0.5, 0.6) is 0 Å². The van der Waals surface area contributed by atoms with E-state index >= 15 is 0 Å². The van der Waals surface area contributed by atoms with Gasteiger partial charge < -0.3 is 9.64 Å². The second kappa shape index (κ2) is 8.22. The summed E-state index contributed by atoms with van der Waals surface area (Å²) in [6.07, 6.45) is 0.781. The predicted molar refractivity (Wildman–Crippen MR) is 98.6 cm³/mol. The van der Waals surface area contributed by atoms with Crippen LogP contribution in [0.1, 0.15) is 6.42 Å². The van der Waals surface area contributed by atoms with Gasteiger partial charge >= 0.3 is 0 Å². The van der Waals surface area contributed by atoms with E-state index in [4.69, 9.17) is 16.3 Å². The number of rotatable bonds is 6. The molecule has 144 valence electrons. The van der Waals surface area contributed by atoms with Crippen molar-refractivity contribution in [1.82, 2.24) is 14.1 Å². The number of carbonyl (C=O) groups excluding carboxylic acids is 1. The number of halogens is 1. The van der Waals surface area contributed by atoms with E-state index in [1.165, 1.54) is 10.4 Å². The average molecular weight is 402 g/mol. The van der Waals surface area contributed by atoms with Crippen molar-refractivity contribution in [2.45, 2.75) is 17.4 Å². The van der Waals surface area contributed by atoms with Crippen molar-refractivity contribution in [2.24, 2.45) is 0 Å². The predicted octanol–water partition coefficient (Wildman–Crippen LogP) is 0.894. The molecule has 2 aliphatic heterocycles. The van der Waals surface area contributed by atoms with Gasteiger partial charge in [-0.25, -0.2) is 8.42 Å². The fourth-order valence-corrected chi connectivity index (χ4v) is 5.24. The van der Waals surface area contributed by atoms with Crippen molar-refractivity contribution in [3.63, 3.8) is 0 Å². The molecular formula is C17H24ClN3O4S. The molecule has 3 rings (SSSR count). The van der Waals surface area contributed by atoms with Crippen molar-refractivity contribution in [1.29, 1.82) is 0 Å². The number of likely N-dealkylation sites (tertiary alicyclic amines) is 1. The van der Waals surface area contributed by atoms with Crippen molar-refractivity contribution in [2.75, 3.05) is 53.0 Å². The maximum Gasteiger partial charge on any atom is 0.243 e. The molecule has 26 heavy (non-hydrogen) atoms. The van der Waals surface area contributed by atoms with Gasteiger partial charge in [-0.1, -0.05) is 17.7 Å². The number of nitrogens with zero attached hydrogens (tertiary/aromatic N) is 3. The van der Waals surface area contributed by atoms with Crippen molar-refractivity contribution < 1.29 is 17.9 Å². The van der Waals surface area contributed by atoms with Crippen LogP contribution >= 0.6 is 11.6 Å². The van der Waals surface area contributed by atoms with Crippen LogP contribution in [0.2, 0.25) is 5.02 Å². The van der Waals surface area contributed by atoms with Crippen LogP contribution in [0.25, 0.3) is 0 Å². The number of hydrogen-bond donors (Lipinski definition) is 0. The van der Waals surface area contributed by atoms with Crippen LogP contribution in [-0.2, 0) is 19.6 Å². The minimum Gasteiger partial charge on any atom is -0.383 e. The van der Waals surface area contributed by atoms with Crippen LogP contribution in [0, 0.1) is 0 Å². The topological polar surface area (TPSA) is 70.2 Å². The van der Waals surface area contributed by atoms with Gasteiger partial charge in [-0.05, 0) is 24.6 Å². The maximum absolute atomic E-state index is 12.8. The number of amides is 1. The van der Waals surface area contributed by atoms with Crippen LogP contribution in [0.15, 0.2) is 29.2 Å². The summed E-state index contributed by atoms with van der Waals surface area (Å²) in [7, 11) is -1.93. The first-order chi connectivity index (χ1) is 12.4. The van der Waals surface area contributed by atoms with E-state index < -0.39 is 10.0 Å². The molecule has 1 atom stereocenters. The molecule has 0 bridgehead atoms. The Morgan fingerprint density at radius 1 is 1.19 bits per heavy atom. The monoisotopic (exact) mass is 401 g/mol. The molecule has 1 aromatic carbocycles. The number of hydrogen-bond acceptors (Lipinski definition) is 5. The Kier molecular flexibility index (Phi) is 6.19. The van der Waals surface area contributed by atoms with E-state index in [9.17, 15) is 13.2 Å². The van der Waals surface area contributed by atoms with Gasteiger partial charge in [0, 0.05) is 51.4 Å². The lowest BCUT2D eigenvalue weighted by Gasteiger charge is -2.36. The number of methoxy groups -OCH3 is 1. The van der Waals surface area contributed by atoms with E-state index in [2.05, 4.69) is 4.90 Å². The Morgan fingerprint density at radius 3 is 2.58 bits per heavy atom. The summed E-state index contributed by atoms with van der Waals surface area (Å²) in [5.41, 5.74) is 0. The van der Waals surface area contributed by atoms with Gasteiger partial charge in [-0.15, -0.1) is 0 Å². The van der Waals surface area contributed by atoms with E-state index in [0.29, 0.717) is 44.4 Å². The van der Waals surface area contributed by atoms with Crippen LogP contribution in [0.4, 0.5) is 0 Å². The van der Waals surface area contributed by atoms with E-state index in [1.807, 2.05) is 4.90 Å². The number of benzene rings is 1. The number of ether oxygens (including phenoxy) is 1. The van der Waals surface area contributed by atoms with Crippen molar-refractivity contribution >= 4 is 27.5 Å². The summed E-state index contributed by atoms with van der Waals surface area (Å²) >= 11 is 5.92. The molecule has 2 aliphatic rings. The lowest BCUT2D eigenvalue weighted by Crippen LogP contribution is -2.53. The lowest BCUT2D eigenvalue weighted by atomic mass is 10.2. The first-order valence-electron chi connectivity index (χ1n) is 8.71. The molecule has 0 saturated carbocycles. The molecule has 1 aromatic rings. The smallest absolute Gasteiger partial charge is 0.243 e.